The first-order valence-electron chi connectivity index (χ1n) is 5.81. The van der Waals surface area contributed by atoms with Gasteiger partial charge in [0.25, 0.3) is 11.7 Å². The van der Waals surface area contributed by atoms with E-state index < -0.39 is 17.9 Å². The van der Waals surface area contributed by atoms with Crippen molar-refractivity contribution < 1.29 is 18.0 Å². The summed E-state index contributed by atoms with van der Waals surface area (Å²) in [5, 5.41) is 12.8. The van der Waals surface area contributed by atoms with Gasteiger partial charge in [0.05, 0.1) is 0 Å². The van der Waals surface area contributed by atoms with Gasteiger partial charge in [-0.2, -0.15) is 17.7 Å². The lowest BCUT2D eigenvalue weighted by atomic mass is 10.3. The number of rotatable bonds is 2. The maximum absolute atomic E-state index is 12.7. The molecule has 3 rings (SSSR count). The summed E-state index contributed by atoms with van der Waals surface area (Å²) in [6.07, 6.45) is -4.72. The lowest BCUT2D eigenvalue weighted by molar-refractivity contribution is -0.146. The third-order valence-corrected chi connectivity index (χ3v) is 3.89. The molecule has 0 aliphatic rings. The highest BCUT2D eigenvalue weighted by atomic mass is 35.5. The average Bonchev–Trinajstić information content (AvgIpc) is 2.94. The highest BCUT2D eigenvalue weighted by molar-refractivity contribution is 7.18. The Hall–Kier alpha value is -1.91. The molecule has 3 aromatic rings. The zero-order chi connectivity index (χ0) is 16.8. The predicted octanol–water partition coefficient (Wildman–Crippen LogP) is 3.76. The number of carbonyl (C=O) groups excluding carboxylic acids is 1. The Balaban J connectivity index is 1.91. The van der Waals surface area contributed by atoms with Gasteiger partial charge < -0.3 is 5.32 Å². The molecule has 0 fully saturated rings. The zero-order valence-corrected chi connectivity index (χ0v) is 13.1. The number of anilines is 1. The van der Waals surface area contributed by atoms with Crippen LogP contribution in [0, 0.1) is 0 Å². The molecule has 1 aromatic carbocycles. The lowest BCUT2D eigenvalue weighted by Crippen LogP contribution is -2.14. The number of amides is 1. The van der Waals surface area contributed by atoms with Crippen molar-refractivity contribution in [1.82, 2.24) is 19.8 Å². The van der Waals surface area contributed by atoms with Crippen LogP contribution in [0.3, 0.4) is 0 Å². The third-order valence-electron chi connectivity index (χ3n) is 2.56. The predicted molar refractivity (Wildman–Crippen MR) is 78.1 cm³/mol. The minimum absolute atomic E-state index is 0.147. The van der Waals surface area contributed by atoms with Crippen LogP contribution in [-0.2, 0) is 6.18 Å². The second kappa shape index (κ2) is 5.62. The summed E-state index contributed by atoms with van der Waals surface area (Å²) in [6.45, 7) is 0. The van der Waals surface area contributed by atoms with Gasteiger partial charge in [-0.1, -0.05) is 34.5 Å². The van der Waals surface area contributed by atoms with E-state index in [4.69, 9.17) is 23.2 Å². The summed E-state index contributed by atoms with van der Waals surface area (Å²) in [6, 6.07) is 4.34. The summed E-state index contributed by atoms with van der Waals surface area (Å²) in [7, 11) is 0. The molecule has 0 saturated heterocycles. The van der Waals surface area contributed by atoms with Gasteiger partial charge in [-0.15, -0.1) is 15.3 Å². The topological polar surface area (TPSA) is 72.2 Å². The van der Waals surface area contributed by atoms with E-state index in [1.165, 1.54) is 18.2 Å². The van der Waals surface area contributed by atoms with Crippen LogP contribution in [-0.4, -0.2) is 25.7 Å². The molecular weight excluding hydrogens is 378 g/mol. The molecule has 2 heterocycles. The number of nitrogens with one attached hydrogen (secondary N) is 1. The molecule has 12 heteroatoms. The van der Waals surface area contributed by atoms with Crippen LogP contribution in [0.25, 0.3) is 4.96 Å². The number of fused-ring (bicyclic) bond motifs is 1. The fraction of sp³-hybridized carbons (Fsp3) is 0.0909. The Morgan fingerprint density at radius 2 is 1.83 bits per heavy atom. The molecule has 1 amide bonds. The molecule has 6 nitrogen and oxygen atoms in total. The first-order chi connectivity index (χ1) is 10.7. The Bertz CT molecular complexity index is 887. The van der Waals surface area contributed by atoms with E-state index >= 15 is 0 Å². The minimum atomic E-state index is -4.72. The highest BCUT2D eigenvalue weighted by Crippen LogP contribution is 2.29. The van der Waals surface area contributed by atoms with Gasteiger partial charge >= 0.3 is 6.18 Å². The van der Waals surface area contributed by atoms with Crippen molar-refractivity contribution in [2.24, 2.45) is 0 Å². The van der Waals surface area contributed by atoms with Crippen molar-refractivity contribution in [2.45, 2.75) is 6.18 Å². The second-order valence-electron chi connectivity index (χ2n) is 4.24. The molecule has 0 aliphatic carbocycles. The summed E-state index contributed by atoms with van der Waals surface area (Å²) < 4.78 is 38.6. The smallest absolute Gasteiger partial charge is 0.320 e. The molecule has 2 aromatic heterocycles. The lowest BCUT2D eigenvalue weighted by Gasteiger charge is -2.04. The molecule has 0 aliphatic heterocycles. The number of hydrogen-bond acceptors (Lipinski definition) is 5. The largest absolute Gasteiger partial charge is 0.453 e. The minimum Gasteiger partial charge on any atom is -0.320 e. The summed E-state index contributed by atoms with van der Waals surface area (Å²) in [5.74, 6) is -2.01. The molecule has 0 spiro atoms. The first-order valence-corrected chi connectivity index (χ1v) is 7.38. The van der Waals surface area contributed by atoms with Crippen molar-refractivity contribution in [2.75, 3.05) is 5.32 Å². The number of nitrogens with zero attached hydrogens (tertiary/aromatic N) is 4. The summed E-state index contributed by atoms with van der Waals surface area (Å²) >= 11 is 12.3. The molecule has 0 unspecified atom stereocenters. The van der Waals surface area contributed by atoms with Crippen LogP contribution in [0.5, 0.6) is 0 Å². The maximum atomic E-state index is 12.7. The standard InChI is InChI=1S/C11H4Cl2F3N5OS/c12-4-1-5(13)3-6(2-4)17-7(22)8-20-21-9(11(14,15)16)18-19-10(21)23-8/h1-3H,(H,17,22). The van der Waals surface area contributed by atoms with E-state index in [2.05, 4.69) is 20.6 Å². The fourth-order valence-corrected chi connectivity index (χ4v) is 2.96. The molecule has 0 saturated carbocycles. The number of aromatic nitrogens is 4. The molecule has 120 valence electrons. The number of hydrogen-bond donors (Lipinski definition) is 1. The van der Waals surface area contributed by atoms with Crippen LogP contribution in [0.4, 0.5) is 18.9 Å². The van der Waals surface area contributed by atoms with Gasteiger partial charge in [0.2, 0.25) is 9.97 Å². The molecule has 1 N–H and O–H groups in total. The van der Waals surface area contributed by atoms with Crippen molar-refractivity contribution in [3.8, 4) is 0 Å². The van der Waals surface area contributed by atoms with E-state index in [1.807, 2.05) is 0 Å². The van der Waals surface area contributed by atoms with Crippen LogP contribution >= 0.6 is 34.5 Å². The summed E-state index contributed by atoms with van der Waals surface area (Å²) in [4.78, 5) is 11.9. The Morgan fingerprint density at radius 1 is 1.17 bits per heavy atom. The number of carbonyl (C=O) groups is 1. The summed E-state index contributed by atoms with van der Waals surface area (Å²) in [5.41, 5.74) is 0.287. The van der Waals surface area contributed by atoms with Crippen LogP contribution in [0.1, 0.15) is 15.6 Å². The fourth-order valence-electron chi connectivity index (χ4n) is 1.70. The van der Waals surface area contributed by atoms with Crippen molar-refractivity contribution >= 4 is 51.1 Å². The van der Waals surface area contributed by atoms with Gasteiger partial charge in [0.1, 0.15) is 0 Å². The number of halogens is 5. The van der Waals surface area contributed by atoms with Gasteiger partial charge in [-0.25, -0.2) is 0 Å². The van der Waals surface area contributed by atoms with Crippen molar-refractivity contribution in [3.63, 3.8) is 0 Å². The van der Waals surface area contributed by atoms with E-state index in [9.17, 15) is 18.0 Å². The molecule has 0 bridgehead atoms. The van der Waals surface area contributed by atoms with Gasteiger partial charge in [-0.3, -0.25) is 4.79 Å². The van der Waals surface area contributed by atoms with Crippen LogP contribution in [0.2, 0.25) is 10.0 Å². The van der Waals surface area contributed by atoms with Crippen LogP contribution in [0.15, 0.2) is 18.2 Å². The van der Waals surface area contributed by atoms with E-state index in [1.54, 1.807) is 0 Å². The van der Waals surface area contributed by atoms with Crippen LogP contribution < -0.4 is 5.32 Å². The second-order valence-corrected chi connectivity index (χ2v) is 6.06. The van der Waals surface area contributed by atoms with Crippen molar-refractivity contribution in [3.05, 3.63) is 39.1 Å². The maximum Gasteiger partial charge on any atom is 0.453 e. The van der Waals surface area contributed by atoms with Gasteiger partial charge in [0.15, 0.2) is 0 Å². The van der Waals surface area contributed by atoms with E-state index in [0.29, 0.717) is 25.9 Å². The Morgan fingerprint density at radius 3 is 2.43 bits per heavy atom. The average molecular weight is 382 g/mol. The Labute approximate surface area is 139 Å². The van der Waals surface area contributed by atoms with Crippen molar-refractivity contribution in [1.29, 1.82) is 0 Å². The molecule has 0 radical (unpaired) electrons. The Kier molecular flexibility index (Phi) is 3.90. The SMILES string of the molecule is O=C(Nc1cc(Cl)cc(Cl)c1)c1nn2c(C(F)(F)F)nnc2s1. The van der Waals surface area contributed by atoms with E-state index in [0.717, 1.165) is 0 Å². The van der Waals surface area contributed by atoms with E-state index in [-0.39, 0.29) is 15.7 Å². The zero-order valence-electron chi connectivity index (χ0n) is 10.7. The molecule has 0 atom stereocenters. The monoisotopic (exact) mass is 381 g/mol. The highest BCUT2D eigenvalue weighted by Gasteiger charge is 2.38. The molecular formula is C11H4Cl2F3N5OS. The quantitative estimate of drug-likeness (QED) is 0.733. The van der Waals surface area contributed by atoms with Gasteiger partial charge in [-0.05, 0) is 18.2 Å². The third kappa shape index (κ3) is 3.23. The number of alkyl halides is 3. The molecule has 23 heavy (non-hydrogen) atoms. The normalized spacial score (nSPS) is 11.9. The number of benzene rings is 1. The first kappa shape index (κ1) is 16.0. The van der Waals surface area contributed by atoms with Gasteiger partial charge in [0, 0.05) is 15.7 Å².